The Morgan fingerprint density at radius 2 is 1.75 bits per heavy atom. The zero-order valence-electron chi connectivity index (χ0n) is 11.5. The molecule has 6 nitrogen and oxygen atoms in total. The summed E-state index contributed by atoms with van der Waals surface area (Å²) in [5, 5.41) is 12.9. The van der Waals surface area contributed by atoms with E-state index in [0.717, 1.165) is 12.8 Å². The second kappa shape index (κ2) is 5.72. The standard InChI is InChI=1S/C13H18N4O2S/c1-3-10(4-2)12-15-16-13(20(14,18)19)17(12)11-8-6-5-7-9-11/h5-10H,3-4H2,1-2H3,(H2,14,18,19). The van der Waals surface area contributed by atoms with Gasteiger partial charge in [-0.2, -0.15) is 0 Å². The Labute approximate surface area is 118 Å². The quantitative estimate of drug-likeness (QED) is 0.910. The fourth-order valence-electron chi connectivity index (χ4n) is 2.20. The second-order valence-corrected chi connectivity index (χ2v) is 6.03. The third-order valence-corrected chi connectivity index (χ3v) is 4.05. The van der Waals surface area contributed by atoms with Crippen molar-refractivity contribution in [2.24, 2.45) is 5.14 Å². The molecule has 1 aromatic carbocycles. The Morgan fingerprint density at radius 1 is 1.15 bits per heavy atom. The molecule has 0 atom stereocenters. The van der Waals surface area contributed by atoms with Crippen LogP contribution in [0.25, 0.3) is 5.69 Å². The summed E-state index contributed by atoms with van der Waals surface area (Å²) in [6, 6.07) is 9.15. The minimum atomic E-state index is -3.92. The molecule has 0 amide bonds. The van der Waals surface area contributed by atoms with Crippen molar-refractivity contribution in [1.82, 2.24) is 14.8 Å². The fourth-order valence-corrected chi connectivity index (χ4v) is 2.81. The lowest BCUT2D eigenvalue weighted by Crippen LogP contribution is -2.19. The van der Waals surface area contributed by atoms with Gasteiger partial charge >= 0.3 is 0 Å². The van der Waals surface area contributed by atoms with Crippen LogP contribution in [0.4, 0.5) is 0 Å². The fraction of sp³-hybridized carbons (Fsp3) is 0.385. The SMILES string of the molecule is CCC(CC)c1nnc(S(N)(=O)=O)n1-c1ccccc1. The van der Waals surface area contributed by atoms with Crippen LogP contribution < -0.4 is 5.14 Å². The number of hydrogen-bond donors (Lipinski definition) is 1. The number of aromatic nitrogens is 3. The molecule has 0 radical (unpaired) electrons. The van der Waals surface area contributed by atoms with Crippen molar-refractivity contribution in [3.63, 3.8) is 0 Å². The van der Waals surface area contributed by atoms with Gasteiger partial charge in [-0.1, -0.05) is 32.0 Å². The number of sulfonamides is 1. The van der Waals surface area contributed by atoms with E-state index >= 15 is 0 Å². The third-order valence-electron chi connectivity index (χ3n) is 3.28. The molecule has 2 aromatic rings. The minimum Gasteiger partial charge on any atom is -0.268 e. The van der Waals surface area contributed by atoms with E-state index in [9.17, 15) is 8.42 Å². The molecule has 0 saturated heterocycles. The maximum absolute atomic E-state index is 11.7. The van der Waals surface area contributed by atoms with Crippen LogP contribution in [0.3, 0.4) is 0 Å². The van der Waals surface area contributed by atoms with Crippen LogP contribution in [0.1, 0.15) is 38.4 Å². The Hall–Kier alpha value is -1.73. The Morgan fingerprint density at radius 3 is 2.25 bits per heavy atom. The number of benzene rings is 1. The van der Waals surface area contributed by atoms with Crippen LogP contribution >= 0.6 is 0 Å². The predicted molar refractivity (Wildman–Crippen MR) is 76.1 cm³/mol. The summed E-state index contributed by atoms with van der Waals surface area (Å²) in [6.07, 6.45) is 1.71. The molecule has 0 spiro atoms. The van der Waals surface area contributed by atoms with Crippen molar-refractivity contribution >= 4 is 10.0 Å². The summed E-state index contributed by atoms with van der Waals surface area (Å²) in [6.45, 7) is 4.07. The molecule has 0 aliphatic heterocycles. The molecule has 2 N–H and O–H groups in total. The largest absolute Gasteiger partial charge is 0.274 e. The molecular formula is C13H18N4O2S. The molecule has 0 unspecified atom stereocenters. The molecule has 0 fully saturated rings. The number of primary sulfonamides is 1. The molecule has 0 aliphatic carbocycles. The van der Waals surface area contributed by atoms with Gasteiger partial charge in [0.15, 0.2) is 0 Å². The van der Waals surface area contributed by atoms with Gasteiger partial charge in [-0.25, -0.2) is 13.6 Å². The summed E-state index contributed by atoms with van der Waals surface area (Å²) in [5.74, 6) is 0.767. The smallest absolute Gasteiger partial charge is 0.268 e. The van der Waals surface area contributed by atoms with E-state index in [0.29, 0.717) is 11.5 Å². The Balaban J connectivity index is 2.70. The predicted octanol–water partition coefficient (Wildman–Crippen LogP) is 1.82. The first-order chi connectivity index (χ1) is 9.49. The molecule has 20 heavy (non-hydrogen) atoms. The van der Waals surface area contributed by atoms with Crippen LogP contribution in [-0.2, 0) is 10.0 Å². The summed E-state index contributed by atoms with van der Waals surface area (Å²) < 4.78 is 24.9. The molecule has 0 aliphatic rings. The van der Waals surface area contributed by atoms with Crippen LogP contribution in [0.15, 0.2) is 35.5 Å². The zero-order chi connectivity index (χ0) is 14.8. The summed E-state index contributed by atoms with van der Waals surface area (Å²) in [5.41, 5.74) is 0.698. The van der Waals surface area contributed by atoms with Crippen molar-refractivity contribution in [2.45, 2.75) is 37.8 Å². The van der Waals surface area contributed by atoms with Crippen LogP contribution in [0, 0.1) is 0 Å². The summed E-state index contributed by atoms with van der Waals surface area (Å²) in [4.78, 5) is 0. The first-order valence-electron chi connectivity index (χ1n) is 6.52. The zero-order valence-corrected chi connectivity index (χ0v) is 12.3. The minimum absolute atomic E-state index is 0.137. The monoisotopic (exact) mass is 294 g/mol. The van der Waals surface area contributed by atoms with E-state index in [1.54, 1.807) is 0 Å². The average Bonchev–Trinajstić information content (AvgIpc) is 2.86. The molecule has 2 rings (SSSR count). The van der Waals surface area contributed by atoms with Crippen LogP contribution in [-0.4, -0.2) is 23.2 Å². The van der Waals surface area contributed by atoms with Crippen LogP contribution in [0.2, 0.25) is 0 Å². The number of nitrogens with two attached hydrogens (primary N) is 1. The maximum Gasteiger partial charge on any atom is 0.274 e. The summed E-state index contributed by atoms with van der Waals surface area (Å²) >= 11 is 0. The highest BCUT2D eigenvalue weighted by Gasteiger charge is 2.25. The van der Waals surface area contributed by atoms with E-state index < -0.39 is 10.0 Å². The van der Waals surface area contributed by atoms with E-state index in [-0.39, 0.29) is 11.1 Å². The highest BCUT2D eigenvalue weighted by molar-refractivity contribution is 7.89. The van der Waals surface area contributed by atoms with Gasteiger partial charge in [0.2, 0.25) is 0 Å². The van der Waals surface area contributed by atoms with Crippen molar-refractivity contribution < 1.29 is 8.42 Å². The highest BCUT2D eigenvalue weighted by atomic mass is 32.2. The molecule has 0 bridgehead atoms. The van der Waals surface area contributed by atoms with E-state index in [1.165, 1.54) is 4.57 Å². The normalized spacial score (nSPS) is 12.0. The van der Waals surface area contributed by atoms with Crippen molar-refractivity contribution in [3.05, 3.63) is 36.2 Å². The number of rotatable bonds is 5. The lowest BCUT2D eigenvalue weighted by atomic mass is 10.0. The summed E-state index contributed by atoms with van der Waals surface area (Å²) in [7, 11) is -3.92. The van der Waals surface area contributed by atoms with Gasteiger partial charge in [0.25, 0.3) is 15.2 Å². The van der Waals surface area contributed by atoms with Gasteiger partial charge in [-0.3, -0.25) is 4.57 Å². The maximum atomic E-state index is 11.7. The van der Waals surface area contributed by atoms with Gasteiger partial charge in [-0.15, -0.1) is 10.2 Å². The van der Waals surface area contributed by atoms with Crippen molar-refractivity contribution in [1.29, 1.82) is 0 Å². The molecule has 1 heterocycles. The topological polar surface area (TPSA) is 90.9 Å². The highest BCUT2D eigenvalue weighted by Crippen LogP contribution is 2.26. The molecular weight excluding hydrogens is 276 g/mol. The van der Waals surface area contributed by atoms with E-state index in [2.05, 4.69) is 10.2 Å². The van der Waals surface area contributed by atoms with Gasteiger partial charge < -0.3 is 0 Å². The number of hydrogen-bond acceptors (Lipinski definition) is 4. The number of nitrogens with zero attached hydrogens (tertiary/aromatic N) is 3. The Bertz CT molecular complexity index is 676. The molecule has 108 valence electrons. The van der Waals surface area contributed by atoms with Gasteiger partial charge in [0, 0.05) is 11.6 Å². The number of para-hydroxylation sites is 1. The van der Waals surface area contributed by atoms with E-state index in [4.69, 9.17) is 5.14 Å². The van der Waals surface area contributed by atoms with Gasteiger partial charge in [-0.05, 0) is 25.0 Å². The Kier molecular flexibility index (Phi) is 4.20. The van der Waals surface area contributed by atoms with Gasteiger partial charge in [0.05, 0.1) is 0 Å². The first kappa shape index (κ1) is 14.7. The average molecular weight is 294 g/mol. The van der Waals surface area contributed by atoms with Crippen LogP contribution in [0.5, 0.6) is 0 Å². The molecule has 7 heteroatoms. The lowest BCUT2D eigenvalue weighted by Gasteiger charge is -2.14. The van der Waals surface area contributed by atoms with Crippen molar-refractivity contribution in [3.8, 4) is 5.69 Å². The third kappa shape index (κ3) is 2.73. The van der Waals surface area contributed by atoms with Crippen molar-refractivity contribution in [2.75, 3.05) is 0 Å². The first-order valence-corrected chi connectivity index (χ1v) is 8.07. The van der Waals surface area contributed by atoms with E-state index in [1.807, 2.05) is 44.2 Å². The second-order valence-electron chi connectivity index (χ2n) is 4.57. The molecule has 0 saturated carbocycles. The molecule has 1 aromatic heterocycles. The lowest BCUT2D eigenvalue weighted by molar-refractivity contribution is 0.571. The van der Waals surface area contributed by atoms with Gasteiger partial charge in [0.1, 0.15) is 5.82 Å².